The van der Waals surface area contributed by atoms with E-state index in [1.807, 2.05) is 30.3 Å². The van der Waals surface area contributed by atoms with Gasteiger partial charge in [-0.3, -0.25) is 19.4 Å². The Morgan fingerprint density at radius 2 is 2.03 bits per heavy atom. The van der Waals surface area contributed by atoms with Crippen molar-refractivity contribution in [2.24, 2.45) is 0 Å². The summed E-state index contributed by atoms with van der Waals surface area (Å²) < 4.78 is 5.53. The predicted octanol–water partition coefficient (Wildman–Crippen LogP) is 3.37. The molecule has 5 rings (SSSR count). The fourth-order valence-corrected chi connectivity index (χ4v) is 5.48. The van der Waals surface area contributed by atoms with E-state index in [0.717, 1.165) is 16.0 Å². The first-order chi connectivity index (χ1) is 16.5. The lowest BCUT2D eigenvalue weighted by Gasteiger charge is -2.27. The molecule has 2 fully saturated rings. The van der Waals surface area contributed by atoms with E-state index < -0.39 is 12.1 Å². The minimum atomic E-state index is -0.829. The second kappa shape index (κ2) is 9.66. The van der Waals surface area contributed by atoms with Gasteiger partial charge in [0.1, 0.15) is 18.7 Å². The topological polar surface area (TPSA) is 88.6 Å². The van der Waals surface area contributed by atoms with Gasteiger partial charge in [0.15, 0.2) is 5.78 Å². The number of amides is 2. The highest BCUT2D eigenvalue weighted by molar-refractivity contribution is 7.17. The van der Waals surface area contributed by atoms with Crippen LogP contribution in [0.1, 0.15) is 21.7 Å². The number of hydrogen-bond acceptors (Lipinski definition) is 6. The monoisotopic (exact) mass is 495 g/mol. The number of aromatic nitrogens is 1. The summed E-state index contributed by atoms with van der Waals surface area (Å²) in [7, 11) is 0. The number of nitrogens with zero attached hydrogens (tertiary/aromatic N) is 2. The number of carbonyl (C=O) groups excluding carboxylic acids is 3. The molecule has 2 amide bonds. The maximum Gasteiger partial charge on any atom is 0.262 e. The molecule has 0 aliphatic carbocycles. The molecule has 0 saturated carbocycles. The Morgan fingerprint density at radius 1 is 1.21 bits per heavy atom. The van der Waals surface area contributed by atoms with Gasteiger partial charge in [-0.05, 0) is 42.3 Å². The van der Waals surface area contributed by atoms with Crippen molar-refractivity contribution >= 4 is 40.5 Å². The molecule has 4 heterocycles. The minimum Gasteiger partial charge on any atom is -0.368 e. The second-order valence-corrected chi connectivity index (χ2v) is 9.86. The molecule has 9 heteroatoms. The van der Waals surface area contributed by atoms with Crippen molar-refractivity contribution in [3.8, 4) is 10.4 Å². The standard InChI is InChI=1S/C25H22ClN3O4S/c26-17-5-3-15(4-6-17)12-18(25(32)29-11-9-20-23(29)19(30)14-33-20)28-24(31)22-8-7-21(34-22)16-2-1-10-27-13-16/h1-8,10,13,18,20,23H,9,11-12,14H2,(H,28,31). The number of ketones is 1. The highest BCUT2D eigenvalue weighted by Gasteiger charge is 2.48. The number of rotatable bonds is 6. The van der Waals surface area contributed by atoms with Crippen LogP contribution in [-0.4, -0.2) is 58.8 Å². The molecule has 2 saturated heterocycles. The van der Waals surface area contributed by atoms with E-state index in [2.05, 4.69) is 10.3 Å². The van der Waals surface area contributed by atoms with E-state index in [4.69, 9.17) is 16.3 Å². The number of carbonyl (C=O) groups is 3. The zero-order chi connectivity index (χ0) is 23.7. The largest absolute Gasteiger partial charge is 0.368 e. The molecule has 0 radical (unpaired) electrons. The maximum atomic E-state index is 13.6. The molecule has 2 aliphatic rings. The first kappa shape index (κ1) is 22.7. The molecule has 2 aliphatic heterocycles. The summed E-state index contributed by atoms with van der Waals surface area (Å²) in [6.07, 6.45) is 4.07. The van der Waals surface area contributed by atoms with E-state index in [9.17, 15) is 14.4 Å². The molecule has 0 spiro atoms. The molecule has 34 heavy (non-hydrogen) atoms. The van der Waals surface area contributed by atoms with E-state index in [1.165, 1.54) is 11.3 Å². The Kier molecular flexibility index (Phi) is 6.45. The van der Waals surface area contributed by atoms with Crippen molar-refractivity contribution in [3.05, 3.63) is 76.4 Å². The Morgan fingerprint density at radius 3 is 2.79 bits per heavy atom. The van der Waals surface area contributed by atoms with Crippen molar-refractivity contribution in [2.45, 2.75) is 31.0 Å². The Labute approximate surface area is 205 Å². The molecule has 0 bridgehead atoms. The molecule has 3 atom stereocenters. The maximum absolute atomic E-state index is 13.6. The van der Waals surface area contributed by atoms with Crippen molar-refractivity contribution in [1.82, 2.24) is 15.2 Å². The van der Waals surface area contributed by atoms with Crippen LogP contribution in [-0.2, 0) is 20.7 Å². The van der Waals surface area contributed by atoms with E-state index >= 15 is 0 Å². The summed E-state index contributed by atoms with van der Waals surface area (Å²) in [5, 5.41) is 3.50. The zero-order valence-electron chi connectivity index (χ0n) is 18.1. The van der Waals surface area contributed by atoms with Gasteiger partial charge in [0.05, 0.1) is 11.0 Å². The third-order valence-corrected chi connectivity index (χ3v) is 7.51. The first-order valence-electron chi connectivity index (χ1n) is 11.0. The smallest absolute Gasteiger partial charge is 0.262 e. The van der Waals surface area contributed by atoms with Crippen molar-refractivity contribution in [3.63, 3.8) is 0 Å². The lowest BCUT2D eigenvalue weighted by molar-refractivity contribution is -0.138. The van der Waals surface area contributed by atoms with Crippen LogP contribution in [0.3, 0.4) is 0 Å². The van der Waals surface area contributed by atoms with E-state index in [1.54, 1.807) is 35.5 Å². The lowest BCUT2D eigenvalue weighted by Crippen LogP contribution is -2.53. The molecule has 3 unspecified atom stereocenters. The SMILES string of the molecule is O=C(NC(Cc1ccc(Cl)cc1)C(=O)N1CCC2OCC(=O)C21)c1ccc(-c2cccnc2)s1. The summed E-state index contributed by atoms with van der Waals surface area (Å²) in [6.45, 7) is 0.455. The Hall–Kier alpha value is -3.07. The van der Waals surface area contributed by atoms with Gasteiger partial charge in [0.25, 0.3) is 5.91 Å². The van der Waals surface area contributed by atoms with Crippen LogP contribution in [0.4, 0.5) is 0 Å². The van der Waals surface area contributed by atoms with Crippen LogP contribution < -0.4 is 5.32 Å². The summed E-state index contributed by atoms with van der Waals surface area (Å²) in [6, 6.07) is 13.1. The van der Waals surface area contributed by atoms with Gasteiger partial charge in [-0.25, -0.2) is 0 Å². The summed E-state index contributed by atoms with van der Waals surface area (Å²) >= 11 is 7.34. The molecule has 174 valence electrons. The van der Waals surface area contributed by atoms with Gasteiger partial charge in [-0.15, -0.1) is 11.3 Å². The van der Waals surface area contributed by atoms with Crippen molar-refractivity contribution < 1.29 is 19.1 Å². The summed E-state index contributed by atoms with van der Waals surface area (Å²) in [5.41, 5.74) is 1.78. The third kappa shape index (κ3) is 4.61. The van der Waals surface area contributed by atoms with E-state index in [-0.39, 0.29) is 36.7 Å². The fourth-order valence-electron chi connectivity index (χ4n) is 4.45. The van der Waals surface area contributed by atoms with Crippen LogP contribution in [0.5, 0.6) is 0 Å². The summed E-state index contributed by atoms with van der Waals surface area (Å²) in [4.78, 5) is 46.2. The Bertz CT molecular complexity index is 1210. The van der Waals surface area contributed by atoms with Gasteiger partial charge in [-0.1, -0.05) is 29.8 Å². The third-order valence-electron chi connectivity index (χ3n) is 6.13. The Balaban J connectivity index is 1.37. The number of fused-ring (bicyclic) bond motifs is 1. The fraction of sp³-hybridized carbons (Fsp3) is 0.280. The molecule has 7 nitrogen and oxygen atoms in total. The number of benzene rings is 1. The average molecular weight is 496 g/mol. The first-order valence-corrected chi connectivity index (χ1v) is 12.2. The average Bonchev–Trinajstić information content (AvgIpc) is 3.58. The minimum absolute atomic E-state index is 0.0274. The quantitative estimate of drug-likeness (QED) is 0.566. The molecule has 2 aromatic heterocycles. The van der Waals surface area contributed by atoms with Gasteiger partial charge in [0, 0.05) is 40.8 Å². The van der Waals surface area contributed by atoms with Crippen molar-refractivity contribution in [1.29, 1.82) is 0 Å². The van der Waals surface area contributed by atoms with Gasteiger partial charge >= 0.3 is 0 Å². The number of hydrogen-bond donors (Lipinski definition) is 1. The van der Waals surface area contributed by atoms with Gasteiger partial charge in [0.2, 0.25) is 5.91 Å². The van der Waals surface area contributed by atoms with E-state index in [0.29, 0.717) is 22.9 Å². The number of ether oxygens (including phenoxy) is 1. The van der Waals surface area contributed by atoms with Gasteiger partial charge in [-0.2, -0.15) is 0 Å². The van der Waals surface area contributed by atoms with Crippen LogP contribution in [0.25, 0.3) is 10.4 Å². The molecule has 3 aromatic rings. The number of Topliss-reactive ketones (excluding diaryl/α,β-unsaturated/α-hetero) is 1. The van der Waals surface area contributed by atoms with Crippen LogP contribution in [0.15, 0.2) is 60.9 Å². The lowest BCUT2D eigenvalue weighted by atomic mass is 10.0. The number of halogens is 1. The highest BCUT2D eigenvalue weighted by atomic mass is 35.5. The number of likely N-dealkylation sites (tertiary alicyclic amines) is 1. The van der Waals surface area contributed by atoms with Crippen LogP contribution in [0.2, 0.25) is 5.02 Å². The second-order valence-electron chi connectivity index (χ2n) is 8.34. The van der Waals surface area contributed by atoms with Crippen molar-refractivity contribution in [2.75, 3.05) is 13.2 Å². The molecular weight excluding hydrogens is 474 g/mol. The van der Waals surface area contributed by atoms with Gasteiger partial charge < -0.3 is 15.0 Å². The number of thiophene rings is 1. The summed E-state index contributed by atoms with van der Waals surface area (Å²) in [5.74, 6) is -0.706. The zero-order valence-corrected chi connectivity index (χ0v) is 19.7. The van der Waals surface area contributed by atoms with Crippen LogP contribution >= 0.6 is 22.9 Å². The predicted molar refractivity (Wildman–Crippen MR) is 129 cm³/mol. The number of nitrogens with one attached hydrogen (secondary N) is 1. The molecule has 1 aromatic carbocycles. The highest BCUT2D eigenvalue weighted by Crippen LogP contribution is 2.29. The molecular formula is C25H22ClN3O4S. The van der Waals surface area contributed by atoms with Crippen LogP contribution in [0, 0.1) is 0 Å². The number of pyridine rings is 1. The molecule has 1 N–H and O–H groups in total. The normalized spacial score (nSPS) is 20.3.